The van der Waals surface area contributed by atoms with Gasteiger partial charge in [-0.3, -0.25) is 4.79 Å². The number of ether oxygens (including phenoxy) is 2. The number of rotatable bonds is 2. The van der Waals surface area contributed by atoms with Crippen LogP contribution in [0.1, 0.15) is 21.7 Å². The number of thiophene rings is 1. The monoisotopic (exact) mass is 433 g/mol. The van der Waals surface area contributed by atoms with Crippen LogP contribution >= 0.6 is 11.3 Å². The van der Waals surface area contributed by atoms with E-state index in [0.717, 1.165) is 58.7 Å². The standard InChI is InChI=1S/C24H23N3O3S/c1-29-17-9-10-20-18(16-17)23(25-19-6-2-3-7-21(19)30-20)26-11-5-12-27(14-13-26)24(28)22-8-4-15-31-22/h2-4,6-10,15-16H,5,11-14H2,1H3. The van der Waals surface area contributed by atoms with Crippen LogP contribution in [0.5, 0.6) is 17.2 Å². The van der Waals surface area contributed by atoms with Crippen molar-refractivity contribution in [3.05, 3.63) is 70.4 Å². The Labute approximate surface area is 185 Å². The highest BCUT2D eigenvalue weighted by Crippen LogP contribution is 2.39. The summed E-state index contributed by atoms with van der Waals surface area (Å²) in [5.41, 5.74) is 1.69. The lowest BCUT2D eigenvalue weighted by Crippen LogP contribution is -2.37. The molecule has 1 saturated heterocycles. The topological polar surface area (TPSA) is 54.4 Å². The molecule has 6 nitrogen and oxygen atoms in total. The van der Waals surface area contributed by atoms with Crippen LogP contribution in [0.15, 0.2) is 65.0 Å². The van der Waals surface area contributed by atoms with E-state index in [2.05, 4.69) is 4.90 Å². The number of fused-ring (bicyclic) bond motifs is 2. The zero-order valence-corrected chi connectivity index (χ0v) is 18.1. The van der Waals surface area contributed by atoms with Crippen LogP contribution in [0.25, 0.3) is 0 Å². The maximum Gasteiger partial charge on any atom is 0.263 e. The second-order valence-corrected chi connectivity index (χ2v) is 8.43. The lowest BCUT2D eigenvalue weighted by atomic mass is 10.1. The maximum atomic E-state index is 12.8. The number of amidine groups is 1. The smallest absolute Gasteiger partial charge is 0.263 e. The highest BCUT2D eigenvalue weighted by atomic mass is 32.1. The molecule has 7 heteroatoms. The molecular weight excluding hydrogens is 410 g/mol. The third-order valence-corrected chi connectivity index (χ3v) is 6.41. The zero-order valence-electron chi connectivity index (χ0n) is 17.3. The molecule has 0 N–H and O–H groups in total. The van der Waals surface area contributed by atoms with E-state index in [0.29, 0.717) is 13.1 Å². The third-order valence-electron chi connectivity index (χ3n) is 5.55. The Balaban J connectivity index is 1.48. The first kappa shape index (κ1) is 19.6. The molecule has 3 aromatic rings. The van der Waals surface area contributed by atoms with Crippen molar-refractivity contribution in [1.82, 2.24) is 9.80 Å². The van der Waals surface area contributed by atoms with Crippen molar-refractivity contribution in [1.29, 1.82) is 0 Å². The first-order chi connectivity index (χ1) is 15.2. The van der Waals surface area contributed by atoms with Gasteiger partial charge in [0.15, 0.2) is 5.75 Å². The fraction of sp³-hybridized carbons (Fsp3) is 0.250. The average Bonchev–Trinajstić information content (AvgIpc) is 3.16. The molecule has 3 heterocycles. The van der Waals surface area contributed by atoms with Gasteiger partial charge in [0.1, 0.15) is 23.0 Å². The largest absolute Gasteiger partial charge is 0.497 e. The van der Waals surface area contributed by atoms with E-state index in [-0.39, 0.29) is 5.91 Å². The average molecular weight is 434 g/mol. The van der Waals surface area contributed by atoms with Crippen LogP contribution in [-0.4, -0.2) is 54.8 Å². The molecule has 2 aliphatic heterocycles. The fourth-order valence-corrected chi connectivity index (χ4v) is 4.65. The van der Waals surface area contributed by atoms with Crippen LogP contribution in [0, 0.1) is 0 Å². The molecular formula is C24H23N3O3S. The first-order valence-corrected chi connectivity index (χ1v) is 11.2. The summed E-state index contributed by atoms with van der Waals surface area (Å²) in [4.78, 5) is 22.8. The van der Waals surface area contributed by atoms with Crippen molar-refractivity contribution in [2.45, 2.75) is 6.42 Å². The van der Waals surface area contributed by atoms with E-state index in [4.69, 9.17) is 14.5 Å². The summed E-state index contributed by atoms with van der Waals surface area (Å²) < 4.78 is 11.7. The van der Waals surface area contributed by atoms with Crippen molar-refractivity contribution in [2.24, 2.45) is 4.99 Å². The molecule has 0 bridgehead atoms. The van der Waals surface area contributed by atoms with Gasteiger partial charge in [-0.1, -0.05) is 18.2 Å². The van der Waals surface area contributed by atoms with E-state index in [1.165, 1.54) is 11.3 Å². The number of methoxy groups -OCH3 is 1. The minimum Gasteiger partial charge on any atom is -0.497 e. The van der Waals surface area contributed by atoms with Crippen molar-refractivity contribution in [3.8, 4) is 17.2 Å². The SMILES string of the molecule is COc1ccc2c(c1)C(N1CCCN(C(=O)c3cccs3)CC1)=Nc1ccccc1O2. The predicted octanol–water partition coefficient (Wildman–Crippen LogP) is 4.79. The van der Waals surface area contributed by atoms with Crippen molar-refractivity contribution in [3.63, 3.8) is 0 Å². The minimum absolute atomic E-state index is 0.107. The molecule has 5 rings (SSSR count). The number of hydrogen-bond acceptors (Lipinski definition) is 6. The van der Waals surface area contributed by atoms with Crippen LogP contribution in [0.3, 0.4) is 0 Å². The first-order valence-electron chi connectivity index (χ1n) is 10.3. The molecule has 1 fully saturated rings. The molecule has 1 amide bonds. The second-order valence-electron chi connectivity index (χ2n) is 7.48. The highest BCUT2D eigenvalue weighted by Gasteiger charge is 2.27. The van der Waals surface area contributed by atoms with Crippen LogP contribution < -0.4 is 9.47 Å². The van der Waals surface area contributed by atoms with Gasteiger partial charge < -0.3 is 19.3 Å². The van der Waals surface area contributed by atoms with Gasteiger partial charge in [-0.05, 0) is 48.2 Å². The Kier molecular flexibility index (Phi) is 5.34. The van der Waals surface area contributed by atoms with E-state index < -0.39 is 0 Å². The molecule has 0 spiro atoms. The Hall–Kier alpha value is -3.32. The molecule has 0 radical (unpaired) electrons. The quantitative estimate of drug-likeness (QED) is 0.583. The summed E-state index contributed by atoms with van der Waals surface area (Å²) in [6, 6.07) is 17.4. The molecule has 158 valence electrons. The number of carbonyl (C=O) groups is 1. The van der Waals surface area contributed by atoms with E-state index in [9.17, 15) is 4.79 Å². The van der Waals surface area contributed by atoms with Gasteiger partial charge in [-0.15, -0.1) is 11.3 Å². The Morgan fingerprint density at radius 1 is 1.03 bits per heavy atom. The Bertz CT molecular complexity index is 1130. The molecule has 2 aliphatic rings. The summed E-state index contributed by atoms with van der Waals surface area (Å²) in [6.07, 6.45) is 0.873. The van der Waals surface area contributed by atoms with Gasteiger partial charge in [0, 0.05) is 26.2 Å². The van der Waals surface area contributed by atoms with Gasteiger partial charge in [-0.25, -0.2) is 4.99 Å². The van der Waals surface area contributed by atoms with E-state index in [1.807, 2.05) is 64.9 Å². The maximum absolute atomic E-state index is 12.8. The lowest BCUT2D eigenvalue weighted by molar-refractivity contribution is 0.0769. The minimum atomic E-state index is 0.107. The Morgan fingerprint density at radius 3 is 2.77 bits per heavy atom. The molecule has 1 aromatic heterocycles. The summed E-state index contributed by atoms with van der Waals surface area (Å²) in [5, 5.41) is 1.94. The number of benzene rings is 2. The number of amides is 1. The number of aliphatic imine (C=N–C) groups is 1. The van der Waals surface area contributed by atoms with Gasteiger partial charge >= 0.3 is 0 Å². The highest BCUT2D eigenvalue weighted by molar-refractivity contribution is 7.12. The lowest BCUT2D eigenvalue weighted by Gasteiger charge is -2.25. The number of carbonyl (C=O) groups excluding carboxylic acids is 1. The van der Waals surface area contributed by atoms with Gasteiger partial charge in [0.25, 0.3) is 5.91 Å². The summed E-state index contributed by atoms with van der Waals surface area (Å²) in [6.45, 7) is 2.90. The van der Waals surface area contributed by atoms with Crippen LogP contribution in [0.2, 0.25) is 0 Å². The van der Waals surface area contributed by atoms with Gasteiger partial charge in [0.2, 0.25) is 0 Å². The molecule has 2 aromatic carbocycles. The van der Waals surface area contributed by atoms with E-state index in [1.54, 1.807) is 7.11 Å². The number of hydrogen-bond donors (Lipinski definition) is 0. The molecule has 0 aliphatic carbocycles. The van der Waals surface area contributed by atoms with Crippen molar-refractivity contribution >= 4 is 28.8 Å². The van der Waals surface area contributed by atoms with Crippen molar-refractivity contribution < 1.29 is 14.3 Å². The molecule has 0 unspecified atom stereocenters. The Morgan fingerprint density at radius 2 is 1.94 bits per heavy atom. The van der Waals surface area contributed by atoms with Crippen molar-refractivity contribution in [2.75, 3.05) is 33.3 Å². The van der Waals surface area contributed by atoms with Gasteiger partial charge in [0.05, 0.1) is 17.6 Å². The normalized spacial score (nSPS) is 15.7. The summed E-state index contributed by atoms with van der Waals surface area (Å²) >= 11 is 1.49. The van der Waals surface area contributed by atoms with Crippen LogP contribution in [-0.2, 0) is 0 Å². The third kappa shape index (κ3) is 3.88. The predicted molar refractivity (Wildman–Crippen MR) is 122 cm³/mol. The second kappa shape index (κ2) is 8.43. The fourth-order valence-electron chi connectivity index (χ4n) is 3.96. The molecule has 31 heavy (non-hydrogen) atoms. The van der Waals surface area contributed by atoms with Crippen LogP contribution in [0.4, 0.5) is 5.69 Å². The van der Waals surface area contributed by atoms with Gasteiger partial charge in [-0.2, -0.15) is 0 Å². The number of para-hydroxylation sites is 2. The summed E-state index contributed by atoms with van der Waals surface area (Å²) in [7, 11) is 1.66. The molecule has 0 saturated carbocycles. The zero-order chi connectivity index (χ0) is 21.2. The molecule has 0 atom stereocenters. The number of nitrogens with zero attached hydrogens (tertiary/aromatic N) is 3. The summed E-state index contributed by atoms with van der Waals surface area (Å²) in [5.74, 6) is 3.19. The van der Waals surface area contributed by atoms with E-state index >= 15 is 0 Å².